The summed E-state index contributed by atoms with van der Waals surface area (Å²) in [5.74, 6) is -1.49. The SMILES string of the molecule is Cc1cc(C)c(N2CCN(c3c(C)cc(C)cc3C)C2/C=C/c2cc(NC(=O)C(F)(F)F)ccc2OC(C)C)c(C)c1. The molecule has 1 fully saturated rings. The van der Waals surface area contributed by atoms with E-state index in [-0.39, 0.29) is 18.0 Å². The van der Waals surface area contributed by atoms with Crippen molar-refractivity contribution in [1.29, 1.82) is 0 Å². The molecule has 4 rings (SSSR count). The lowest BCUT2D eigenvalue weighted by Crippen LogP contribution is -2.38. The fraction of sp³-hybridized carbons (Fsp3) is 0.382. The molecule has 0 atom stereocenters. The fourth-order valence-electron chi connectivity index (χ4n) is 6.10. The van der Waals surface area contributed by atoms with E-state index in [9.17, 15) is 18.0 Å². The maximum absolute atomic E-state index is 13.0. The van der Waals surface area contributed by atoms with Gasteiger partial charge in [-0.3, -0.25) is 4.79 Å². The van der Waals surface area contributed by atoms with Crippen LogP contribution in [-0.4, -0.2) is 37.4 Å². The maximum Gasteiger partial charge on any atom is 0.471 e. The average molecular weight is 580 g/mol. The van der Waals surface area contributed by atoms with Crippen molar-refractivity contribution in [3.63, 3.8) is 0 Å². The molecule has 42 heavy (non-hydrogen) atoms. The molecular weight excluding hydrogens is 539 g/mol. The largest absolute Gasteiger partial charge is 0.490 e. The summed E-state index contributed by atoms with van der Waals surface area (Å²) in [4.78, 5) is 16.4. The van der Waals surface area contributed by atoms with Crippen LogP contribution in [0.2, 0.25) is 0 Å². The molecule has 1 aliphatic heterocycles. The van der Waals surface area contributed by atoms with Crippen molar-refractivity contribution < 1.29 is 22.7 Å². The van der Waals surface area contributed by atoms with Gasteiger partial charge in [0.25, 0.3) is 0 Å². The molecule has 0 bridgehead atoms. The van der Waals surface area contributed by atoms with E-state index >= 15 is 0 Å². The van der Waals surface area contributed by atoms with Gasteiger partial charge in [0.2, 0.25) is 0 Å². The lowest BCUT2D eigenvalue weighted by atomic mass is 10.0. The third kappa shape index (κ3) is 6.75. The molecule has 8 heteroatoms. The minimum Gasteiger partial charge on any atom is -0.490 e. The van der Waals surface area contributed by atoms with E-state index in [1.54, 1.807) is 6.07 Å². The number of amides is 1. The second-order valence-corrected chi connectivity index (χ2v) is 11.5. The molecule has 224 valence electrons. The zero-order valence-corrected chi connectivity index (χ0v) is 25.6. The van der Waals surface area contributed by atoms with Crippen LogP contribution in [0.3, 0.4) is 0 Å². The van der Waals surface area contributed by atoms with Gasteiger partial charge in [-0.1, -0.05) is 41.5 Å². The molecule has 1 heterocycles. The Morgan fingerprint density at radius 3 is 1.76 bits per heavy atom. The van der Waals surface area contributed by atoms with Gasteiger partial charge in [-0.15, -0.1) is 0 Å². The molecule has 0 unspecified atom stereocenters. The Hall–Kier alpha value is -3.94. The first kappa shape index (κ1) is 31.0. The van der Waals surface area contributed by atoms with E-state index in [0.29, 0.717) is 11.3 Å². The predicted octanol–water partition coefficient (Wildman–Crippen LogP) is 8.19. The topological polar surface area (TPSA) is 44.8 Å². The quantitative estimate of drug-likeness (QED) is 0.307. The fourth-order valence-corrected chi connectivity index (χ4v) is 6.10. The number of hydrogen-bond acceptors (Lipinski definition) is 4. The molecule has 1 N–H and O–H groups in total. The Morgan fingerprint density at radius 2 is 1.33 bits per heavy atom. The summed E-state index contributed by atoms with van der Waals surface area (Å²) in [6, 6.07) is 13.3. The number of benzene rings is 3. The van der Waals surface area contributed by atoms with Crippen molar-refractivity contribution in [3.05, 3.63) is 87.5 Å². The van der Waals surface area contributed by atoms with E-state index in [4.69, 9.17) is 4.74 Å². The van der Waals surface area contributed by atoms with Crippen LogP contribution in [0.25, 0.3) is 6.08 Å². The van der Waals surface area contributed by atoms with Gasteiger partial charge < -0.3 is 19.9 Å². The zero-order chi connectivity index (χ0) is 30.9. The minimum absolute atomic E-state index is 0.0451. The summed E-state index contributed by atoms with van der Waals surface area (Å²) >= 11 is 0. The monoisotopic (exact) mass is 579 g/mol. The predicted molar refractivity (Wildman–Crippen MR) is 166 cm³/mol. The number of ether oxygens (including phenoxy) is 1. The molecule has 1 saturated heterocycles. The molecule has 0 radical (unpaired) electrons. The minimum atomic E-state index is -4.98. The van der Waals surface area contributed by atoms with E-state index in [2.05, 4.69) is 81.7 Å². The van der Waals surface area contributed by atoms with Crippen molar-refractivity contribution >= 4 is 29.0 Å². The molecule has 5 nitrogen and oxygen atoms in total. The molecule has 1 amide bonds. The number of halogens is 3. The average Bonchev–Trinajstić information content (AvgIpc) is 3.24. The highest BCUT2D eigenvalue weighted by molar-refractivity contribution is 5.95. The first-order valence-corrected chi connectivity index (χ1v) is 14.2. The number of carbonyl (C=O) groups is 1. The van der Waals surface area contributed by atoms with E-state index in [1.165, 1.54) is 56.9 Å². The molecule has 3 aromatic rings. The summed E-state index contributed by atoms with van der Waals surface area (Å²) in [7, 11) is 0. The third-order valence-corrected chi connectivity index (χ3v) is 7.40. The van der Waals surface area contributed by atoms with Crippen molar-refractivity contribution in [2.24, 2.45) is 0 Å². The van der Waals surface area contributed by atoms with Gasteiger partial charge in [0.1, 0.15) is 11.9 Å². The van der Waals surface area contributed by atoms with Crippen molar-refractivity contribution in [3.8, 4) is 5.75 Å². The maximum atomic E-state index is 13.0. The van der Waals surface area contributed by atoms with Gasteiger partial charge >= 0.3 is 12.1 Å². The summed E-state index contributed by atoms with van der Waals surface area (Å²) in [6.07, 6.45) is -1.35. The van der Waals surface area contributed by atoms with Crippen molar-refractivity contribution in [2.45, 2.75) is 73.8 Å². The van der Waals surface area contributed by atoms with Gasteiger partial charge in [0.05, 0.1) is 6.10 Å². The molecule has 0 saturated carbocycles. The summed E-state index contributed by atoms with van der Waals surface area (Å²) in [5, 5.41) is 1.97. The molecule has 0 spiro atoms. The molecule has 1 aliphatic rings. The van der Waals surface area contributed by atoms with E-state index < -0.39 is 12.1 Å². The molecule has 0 aliphatic carbocycles. The van der Waals surface area contributed by atoms with Crippen molar-refractivity contribution in [1.82, 2.24) is 0 Å². The normalized spacial score (nSPS) is 14.4. The Balaban J connectivity index is 1.82. The van der Waals surface area contributed by atoms with Crippen LogP contribution < -0.4 is 19.9 Å². The lowest BCUT2D eigenvalue weighted by molar-refractivity contribution is -0.167. The second-order valence-electron chi connectivity index (χ2n) is 11.5. The lowest BCUT2D eigenvalue weighted by Gasteiger charge is -2.34. The summed E-state index contributed by atoms with van der Waals surface area (Å²) in [6.45, 7) is 18.1. The highest BCUT2D eigenvalue weighted by Crippen LogP contribution is 2.37. The first-order valence-electron chi connectivity index (χ1n) is 14.2. The highest BCUT2D eigenvalue weighted by atomic mass is 19.4. The third-order valence-electron chi connectivity index (χ3n) is 7.40. The van der Waals surface area contributed by atoms with Gasteiger partial charge in [-0.25, -0.2) is 0 Å². The smallest absolute Gasteiger partial charge is 0.471 e. The Labute approximate surface area is 247 Å². The van der Waals surface area contributed by atoms with Crippen LogP contribution in [0.1, 0.15) is 52.8 Å². The van der Waals surface area contributed by atoms with E-state index in [1.807, 2.05) is 25.2 Å². The summed E-state index contributed by atoms with van der Waals surface area (Å²) < 4.78 is 44.9. The number of hydrogen-bond donors (Lipinski definition) is 1. The number of nitrogens with zero attached hydrogens (tertiary/aromatic N) is 2. The molecule has 0 aromatic heterocycles. The van der Waals surface area contributed by atoms with Gasteiger partial charge in [0.15, 0.2) is 0 Å². The van der Waals surface area contributed by atoms with Crippen LogP contribution in [0.4, 0.5) is 30.2 Å². The van der Waals surface area contributed by atoms with Gasteiger partial charge in [0, 0.05) is 35.7 Å². The van der Waals surface area contributed by atoms with Crippen LogP contribution in [0.5, 0.6) is 5.75 Å². The first-order chi connectivity index (χ1) is 19.6. The number of carbonyl (C=O) groups excluding carboxylic acids is 1. The molecule has 3 aromatic carbocycles. The standard InChI is InChI=1S/C34H40F3N3O2/c1-20(2)42-29-11-10-28(38-33(41)34(35,36)37)19-27(29)9-12-30-39(31-23(5)15-21(3)16-24(31)6)13-14-40(30)32-25(7)17-22(4)18-26(32)8/h9-12,15-20,30H,13-14H2,1-8H3,(H,38,41)/b12-9+. The van der Waals surface area contributed by atoms with Gasteiger partial charge in [-0.2, -0.15) is 13.2 Å². The summed E-state index contributed by atoms with van der Waals surface area (Å²) in [5.41, 5.74) is 10.1. The van der Waals surface area contributed by atoms with Crippen LogP contribution >= 0.6 is 0 Å². The van der Waals surface area contributed by atoms with Gasteiger partial charge in [-0.05, 0) is 102 Å². The number of anilines is 3. The second kappa shape index (κ2) is 12.1. The highest BCUT2D eigenvalue weighted by Gasteiger charge is 2.39. The van der Waals surface area contributed by atoms with E-state index in [0.717, 1.165) is 13.1 Å². The van der Waals surface area contributed by atoms with Crippen molar-refractivity contribution in [2.75, 3.05) is 28.2 Å². The number of aryl methyl sites for hydroxylation is 6. The zero-order valence-electron chi connectivity index (χ0n) is 25.6. The van der Waals surface area contributed by atoms with Crippen LogP contribution in [-0.2, 0) is 4.79 Å². The van der Waals surface area contributed by atoms with Crippen LogP contribution in [0, 0.1) is 41.5 Å². The Kier molecular flexibility index (Phi) is 8.95. The Morgan fingerprint density at radius 1 is 0.857 bits per heavy atom. The molecular formula is C34H40F3N3O2. The number of nitrogens with one attached hydrogen (secondary N) is 1. The van der Waals surface area contributed by atoms with Crippen LogP contribution in [0.15, 0.2) is 48.5 Å². The number of alkyl halides is 3. The Bertz CT molecular complexity index is 1400. The number of rotatable bonds is 7.